The van der Waals surface area contributed by atoms with Crippen LogP contribution in [-0.4, -0.2) is 11.6 Å². The Balaban J connectivity index is 1.76. The molecule has 24 heavy (non-hydrogen) atoms. The van der Waals surface area contributed by atoms with Crippen molar-refractivity contribution < 1.29 is 9.59 Å². The van der Waals surface area contributed by atoms with Crippen molar-refractivity contribution in [2.24, 2.45) is 33.5 Å². The molecule has 4 saturated carbocycles. The quantitative estimate of drug-likeness (QED) is 0.643. The van der Waals surface area contributed by atoms with Gasteiger partial charge in [0.1, 0.15) is 0 Å². The van der Waals surface area contributed by atoms with E-state index in [0.29, 0.717) is 17.5 Å². The van der Waals surface area contributed by atoms with Crippen molar-refractivity contribution in [2.45, 2.75) is 67.2 Å². The van der Waals surface area contributed by atoms with Crippen molar-refractivity contribution in [2.75, 3.05) is 0 Å². The average Bonchev–Trinajstić information content (AvgIpc) is 2.96. The molecule has 0 radical (unpaired) electrons. The second kappa shape index (κ2) is 4.31. The first-order valence-electron chi connectivity index (χ1n) is 9.50. The van der Waals surface area contributed by atoms with Crippen LogP contribution in [-0.2, 0) is 9.59 Å². The molecule has 4 rings (SSSR count). The van der Waals surface area contributed by atoms with E-state index in [-0.39, 0.29) is 27.6 Å². The van der Waals surface area contributed by atoms with Gasteiger partial charge in [-0.2, -0.15) is 0 Å². The number of hydrogen-bond donors (Lipinski definition) is 0. The van der Waals surface area contributed by atoms with Crippen LogP contribution < -0.4 is 0 Å². The molecular formula is C22H30O2. The van der Waals surface area contributed by atoms with Gasteiger partial charge >= 0.3 is 0 Å². The highest BCUT2D eigenvalue weighted by atomic mass is 16.1. The lowest BCUT2D eigenvalue weighted by Gasteiger charge is -2.34. The van der Waals surface area contributed by atoms with Crippen LogP contribution in [0.25, 0.3) is 0 Å². The predicted octanol–water partition coefficient (Wildman–Crippen LogP) is 4.89. The van der Waals surface area contributed by atoms with Crippen molar-refractivity contribution in [3.8, 4) is 0 Å². The summed E-state index contributed by atoms with van der Waals surface area (Å²) in [5.41, 5.74) is 1.76. The number of Topliss-reactive ketones (excluding diaryl/α,β-unsaturated/α-hetero) is 2. The molecule has 4 unspecified atom stereocenters. The average molecular weight is 326 g/mol. The lowest BCUT2D eigenvalue weighted by Crippen LogP contribution is -2.32. The molecule has 0 aliphatic heterocycles. The molecule has 0 N–H and O–H groups in total. The Morgan fingerprint density at radius 3 is 1.83 bits per heavy atom. The van der Waals surface area contributed by atoms with Crippen LogP contribution in [0.5, 0.6) is 0 Å². The van der Waals surface area contributed by atoms with Gasteiger partial charge in [0.15, 0.2) is 11.6 Å². The lowest BCUT2D eigenvalue weighted by molar-refractivity contribution is -0.125. The Kier molecular flexibility index (Phi) is 2.93. The fourth-order valence-corrected chi connectivity index (χ4v) is 6.46. The fraction of sp³-hybridized carbons (Fsp3) is 0.727. The molecule has 4 atom stereocenters. The Hall–Kier alpha value is -1.18. The Morgan fingerprint density at radius 2 is 1.33 bits per heavy atom. The van der Waals surface area contributed by atoms with Gasteiger partial charge in [0.2, 0.25) is 0 Å². The maximum atomic E-state index is 13.0. The van der Waals surface area contributed by atoms with Crippen molar-refractivity contribution in [3.05, 3.63) is 23.3 Å². The Bertz CT molecular complexity index is 720. The molecule has 4 fully saturated rings. The number of fused-ring (bicyclic) bond motifs is 4. The van der Waals surface area contributed by atoms with Crippen LogP contribution in [0.3, 0.4) is 0 Å². The standard InChI is InChI=1S/C22H30O2/c1-19(2)14-9-12-22(19,6)18(24)13(14)7-8-16-17(23)15-10-11-21(16,5)20(15,3)4/h7-8,14-15H,9-12H2,1-6H3. The molecule has 0 amide bonds. The van der Waals surface area contributed by atoms with Crippen molar-refractivity contribution in [3.63, 3.8) is 0 Å². The van der Waals surface area contributed by atoms with Crippen molar-refractivity contribution in [1.29, 1.82) is 0 Å². The second-order valence-corrected chi connectivity index (χ2v) is 10.2. The first-order chi connectivity index (χ1) is 11.0. The highest BCUT2D eigenvalue weighted by Crippen LogP contribution is 2.67. The summed E-state index contributed by atoms with van der Waals surface area (Å²) in [7, 11) is 0. The maximum absolute atomic E-state index is 13.0. The number of allylic oxidation sites excluding steroid dienone is 4. The largest absolute Gasteiger partial charge is 0.294 e. The Labute approximate surface area is 145 Å². The fourth-order valence-electron chi connectivity index (χ4n) is 6.46. The van der Waals surface area contributed by atoms with Gasteiger partial charge in [-0.05, 0) is 48.0 Å². The summed E-state index contributed by atoms with van der Waals surface area (Å²) >= 11 is 0. The smallest absolute Gasteiger partial charge is 0.165 e. The summed E-state index contributed by atoms with van der Waals surface area (Å²) in [6.45, 7) is 13.3. The van der Waals surface area contributed by atoms with E-state index in [1.54, 1.807) is 0 Å². The van der Waals surface area contributed by atoms with Gasteiger partial charge in [0.25, 0.3) is 0 Å². The van der Waals surface area contributed by atoms with Crippen molar-refractivity contribution in [1.82, 2.24) is 0 Å². The van der Waals surface area contributed by atoms with Crippen molar-refractivity contribution >= 4 is 11.6 Å². The van der Waals surface area contributed by atoms with Gasteiger partial charge in [-0.1, -0.05) is 53.7 Å². The van der Waals surface area contributed by atoms with Gasteiger partial charge in [0, 0.05) is 22.3 Å². The van der Waals surface area contributed by atoms with E-state index in [0.717, 1.165) is 36.8 Å². The van der Waals surface area contributed by atoms with E-state index >= 15 is 0 Å². The van der Waals surface area contributed by atoms with Gasteiger partial charge < -0.3 is 0 Å². The molecule has 4 aliphatic rings. The number of carbonyl (C=O) groups is 2. The molecular weight excluding hydrogens is 296 g/mol. The summed E-state index contributed by atoms with van der Waals surface area (Å²) in [6, 6.07) is 0. The molecule has 0 saturated heterocycles. The first-order valence-corrected chi connectivity index (χ1v) is 9.50. The van der Waals surface area contributed by atoms with E-state index in [2.05, 4.69) is 41.5 Å². The van der Waals surface area contributed by atoms with E-state index in [1.165, 1.54) is 0 Å². The third kappa shape index (κ3) is 1.50. The molecule has 2 nitrogen and oxygen atoms in total. The summed E-state index contributed by atoms with van der Waals surface area (Å²) in [6.07, 6.45) is 8.26. The molecule has 0 heterocycles. The van der Waals surface area contributed by atoms with Gasteiger partial charge in [-0.3, -0.25) is 9.59 Å². The van der Waals surface area contributed by atoms with Crippen LogP contribution in [0.4, 0.5) is 0 Å². The van der Waals surface area contributed by atoms with E-state index in [1.807, 2.05) is 12.2 Å². The van der Waals surface area contributed by atoms with Crippen LogP contribution in [0.2, 0.25) is 0 Å². The van der Waals surface area contributed by atoms with Gasteiger partial charge in [-0.15, -0.1) is 0 Å². The zero-order valence-electron chi connectivity index (χ0n) is 16.0. The minimum atomic E-state index is -0.218. The lowest BCUT2D eigenvalue weighted by atomic mass is 9.69. The topological polar surface area (TPSA) is 34.1 Å². The highest BCUT2D eigenvalue weighted by molar-refractivity contribution is 6.06. The van der Waals surface area contributed by atoms with Crippen LogP contribution in [0.1, 0.15) is 67.2 Å². The zero-order chi connectivity index (χ0) is 17.7. The number of carbonyl (C=O) groups excluding carboxylic acids is 2. The monoisotopic (exact) mass is 326 g/mol. The third-order valence-electron chi connectivity index (χ3n) is 9.20. The first kappa shape index (κ1) is 16.3. The van der Waals surface area contributed by atoms with Gasteiger partial charge in [0.05, 0.1) is 0 Å². The number of ketones is 2. The molecule has 4 aliphatic carbocycles. The van der Waals surface area contributed by atoms with E-state index in [4.69, 9.17) is 0 Å². The summed E-state index contributed by atoms with van der Waals surface area (Å²) < 4.78 is 0. The molecule has 0 aromatic carbocycles. The predicted molar refractivity (Wildman–Crippen MR) is 95.4 cm³/mol. The van der Waals surface area contributed by atoms with Gasteiger partial charge in [-0.25, -0.2) is 0 Å². The summed E-state index contributed by atoms with van der Waals surface area (Å²) in [4.78, 5) is 25.8. The summed E-state index contributed by atoms with van der Waals surface area (Å²) in [5.74, 6) is 1.16. The maximum Gasteiger partial charge on any atom is 0.165 e. The number of rotatable bonds is 1. The summed E-state index contributed by atoms with van der Waals surface area (Å²) in [5, 5.41) is 0. The molecule has 2 heteroatoms. The second-order valence-electron chi connectivity index (χ2n) is 10.2. The minimum Gasteiger partial charge on any atom is -0.294 e. The van der Waals surface area contributed by atoms with Crippen LogP contribution >= 0.6 is 0 Å². The zero-order valence-corrected chi connectivity index (χ0v) is 16.0. The number of hydrogen-bond acceptors (Lipinski definition) is 2. The SMILES string of the molecule is CC12CCC(C(=CC=C3C(=O)C4CCC3(C)C4(C)C)C1=O)C2(C)C. The van der Waals surface area contributed by atoms with Crippen LogP contribution in [0, 0.1) is 33.5 Å². The van der Waals surface area contributed by atoms with E-state index in [9.17, 15) is 9.59 Å². The van der Waals surface area contributed by atoms with Crippen LogP contribution in [0.15, 0.2) is 23.3 Å². The highest BCUT2D eigenvalue weighted by Gasteiger charge is 2.65. The minimum absolute atomic E-state index is 0.0358. The molecule has 4 bridgehead atoms. The molecule has 130 valence electrons. The Morgan fingerprint density at radius 1 is 0.792 bits per heavy atom. The normalized spacial score (nSPS) is 48.2. The molecule has 0 aromatic rings. The molecule has 0 spiro atoms. The molecule has 0 aromatic heterocycles. The third-order valence-corrected chi connectivity index (χ3v) is 9.20. The van der Waals surface area contributed by atoms with E-state index < -0.39 is 0 Å².